The fraction of sp³-hybridized carbons (Fsp3) is 0.381. The van der Waals surface area contributed by atoms with Gasteiger partial charge in [0.2, 0.25) is 5.78 Å². The Hall–Kier alpha value is -2.51. The number of ether oxygens (including phenoxy) is 1. The number of hydrogen-bond acceptors (Lipinski definition) is 5. The molecule has 0 aliphatic rings. The predicted octanol–water partition coefficient (Wildman–Crippen LogP) is 2.70. The SMILES string of the molecule is CCOC(=O)c1c(C)[nH]c(C(=O)[C@H](C)[NH+](C)Cc2nc3ccccc3s2)c1C. The zero-order valence-electron chi connectivity index (χ0n) is 16.9. The first-order valence-corrected chi connectivity index (χ1v) is 10.2. The summed E-state index contributed by atoms with van der Waals surface area (Å²) in [6.45, 7) is 8.22. The number of Topliss-reactive ketones (excluding diaryl/α,β-unsaturated/α-hetero) is 1. The molecule has 1 unspecified atom stereocenters. The number of para-hydroxylation sites is 1. The number of aryl methyl sites for hydroxylation is 1. The highest BCUT2D eigenvalue weighted by Gasteiger charge is 2.30. The van der Waals surface area contributed by atoms with Crippen molar-refractivity contribution in [1.82, 2.24) is 9.97 Å². The number of likely N-dealkylation sites (N-methyl/N-ethyl adjacent to an activating group) is 1. The lowest BCUT2D eigenvalue weighted by molar-refractivity contribution is -0.907. The Bertz CT molecular complexity index is 988. The summed E-state index contributed by atoms with van der Waals surface area (Å²) in [5, 5.41) is 1.00. The molecule has 0 radical (unpaired) electrons. The van der Waals surface area contributed by atoms with E-state index in [1.54, 1.807) is 32.1 Å². The highest BCUT2D eigenvalue weighted by Crippen LogP contribution is 2.22. The van der Waals surface area contributed by atoms with E-state index in [1.807, 2.05) is 32.2 Å². The lowest BCUT2D eigenvalue weighted by Gasteiger charge is -2.19. The molecule has 0 spiro atoms. The van der Waals surface area contributed by atoms with Crippen molar-refractivity contribution < 1.29 is 19.2 Å². The lowest BCUT2D eigenvalue weighted by atomic mass is 10.0. The second-order valence-corrected chi connectivity index (χ2v) is 8.15. The molecule has 1 aromatic carbocycles. The van der Waals surface area contributed by atoms with Crippen LogP contribution in [0.1, 0.15) is 51.0 Å². The molecule has 0 saturated carbocycles. The van der Waals surface area contributed by atoms with Crippen LogP contribution in [0.2, 0.25) is 0 Å². The Labute approximate surface area is 168 Å². The Morgan fingerprint density at radius 2 is 2.00 bits per heavy atom. The number of esters is 1. The fourth-order valence-corrected chi connectivity index (χ4v) is 4.40. The van der Waals surface area contributed by atoms with E-state index in [0.717, 1.165) is 20.1 Å². The Morgan fingerprint density at radius 3 is 2.68 bits per heavy atom. The second kappa shape index (κ2) is 8.24. The number of aromatic nitrogens is 2. The van der Waals surface area contributed by atoms with Gasteiger partial charge >= 0.3 is 5.97 Å². The molecule has 2 heterocycles. The number of benzene rings is 1. The van der Waals surface area contributed by atoms with Crippen LogP contribution in [-0.4, -0.2) is 41.4 Å². The molecule has 0 saturated heterocycles. The monoisotopic (exact) mass is 400 g/mol. The molecule has 6 nitrogen and oxygen atoms in total. The van der Waals surface area contributed by atoms with Crippen molar-refractivity contribution >= 4 is 33.3 Å². The highest BCUT2D eigenvalue weighted by atomic mass is 32.1. The summed E-state index contributed by atoms with van der Waals surface area (Å²) >= 11 is 1.66. The topological polar surface area (TPSA) is 76.5 Å². The average molecular weight is 401 g/mol. The molecule has 28 heavy (non-hydrogen) atoms. The second-order valence-electron chi connectivity index (χ2n) is 7.03. The molecule has 148 valence electrons. The average Bonchev–Trinajstić information content (AvgIpc) is 3.20. The van der Waals surface area contributed by atoms with E-state index in [0.29, 0.717) is 35.7 Å². The summed E-state index contributed by atoms with van der Waals surface area (Å²) in [5.41, 5.74) is 3.25. The molecule has 0 aliphatic carbocycles. The smallest absolute Gasteiger partial charge is 0.340 e. The normalized spacial score (nSPS) is 13.5. The number of H-pyrrole nitrogens is 1. The Balaban J connectivity index is 1.78. The van der Waals surface area contributed by atoms with Gasteiger partial charge < -0.3 is 14.6 Å². The van der Waals surface area contributed by atoms with Crippen molar-refractivity contribution in [3.63, 3.8) is 0 Å². The standard InChI is InChI=1S/C21H25N3O3S/c1-6-27-21(26)18-12(2)19(22-13(18)3)20(25)14(4)24(5)11-17-23-15-9-7-8-10-16(15)28-17/h7-10,14,22H,6,11H2,1-5H3/p+1/t14-/m0/s1. The van der Waals surface area contributed by atoms with Gasteiger partial charge in [0.1, 0.15) is 11.6 Å². The molecular formula is C21H26N3O3S+. The quantitative estimate of drug-likeness (QED) is 0.472. The van der Waals surface area contributed by atoms with Crippen molar-refractivity contribution in [3.05, 3.63) is 51.8 Å². The van der Waals surface area contributed by atoms with Gasteiger partial charge in [-0.3, -0.25) is 4.79 Å². The number of carbonyl (C=O) groups excluding carboxylic acids is 2. The minimum atomic E-state index is -0.393. The third kappa shape index (κ3) is 3.86. The molecule has 2 atom stereocenters. The molecule has 3 rings (SSSR count). The molecule has 0 aliphatic heterocycles. The summed E-state index contributed by atoms with van der Waals surface area (Å²) in [5.74, 6) is -0.412. The number of fused-ring (bicyclic) bond motifs is 1. The first-order valence-electron chi connectivity index (χ1n) is 9.40. The van der Waals surface area contributed by atoms with Crippen molar-refractivity contribution in [2.75, 3.05) is 13.7 Å². The van der Waals surface area contributed by atoms with E-state index in [-0.39, 0.29) is 11.8 Å². The van der Waals surface area contributed by atoms with Gasteiger partial charge in [-0.15, -0.1) is 11.3 Å². The van der Waals surface area contributed by atoms with Gasteiger partial charge in [-0.25, -0.2) is 9.78 Å². The number of quaternary nitrogens is 1. The van der Waals surface area contributed by atoms with Crippen LogP contribution >= 0.6 is 11.3 Å². The summed E-state index contributed by atoms with van der Waals surface area (Å²) in [6.07, 6.45) is 0. The number of thiazole rings is 1. The number of rotatable bonds is 7. The van der Waals surface area contributed by atoms with Crippen molar-refractivity contribution in [2.24, 2.45) is 0 Å². The number of nitrogens with zero attached hydrogens (tertiary/aromatic N) is 1. The van der Waals surface area contributed by atoms with Gasteiger partial charge in [0.05, 0.1) is 35.1 Å². The van der Waals surface area contributed by atoms with Crippen molar-refractivity contribution in [2.45, 2.75) is 40.3 Å². The fourth-order valence-electron chi connectivity index (χ4n) is 3.33. The predicted molar refractivity (Wildman–Crippen MR) is 110 cm³/mol. The zero-order chi connectivity index (χ0) is 20.4. The summed E-state index contributed by atoms with van der Waals surface area (Å²) in [7, 11) is 1.99. The maximum atomic E-state index is 13.1. The molecule has 2 aromatic heterocycles. The van der Waals surface area contributed by atoms with Gasteiger partial charge in [0.15, 0.2) is 6.04 Å². The number of aromatic amines is 1. The first kappa shape index (κ1) is 20.2. The van der Waals surface area contributed by atoms with Crippen LogP contribution in [0, 0.1) is 13.8 Å². The van der Waals surface area contributed by atoms with Crippen LogP contribution in [0.15, 0.2) is 24.3 Å². The van der Waals surface area contributed by atoms with E-state index in [9.17, 15) is 9.59 Å². The summed E-state index contributed by atoms with van der Waals surface area (Å²) < 4.78 is 6.27. The van der Waals surface area contributed by atoms with Crippen molar-refractivity contribution in [3.8, 4) is 0 Å². The van der Waals surface area contributed by atoms with Crippen molar-refractivity contribution in [1.29, 1.82) is 0 Å². The van der Waals surface area contributed by atoms with Crippen LogP contribution in [-0.2, 0) is 11.3 Å². The van der Waals surface area contributed by atoms with E-state index in [4.69, 9.17) is 4.74 Å². The molecule has 7 heteroatoms. The van der Waals surface area contributed by atoms with E-state index < -0.39 is 5.97 Å². The molecule has 0 fully saturated rings. The third-order valence-corrected chi connectivity index (χ3v) is 6.10. The van der Waals surface area contributed by atoms with Crippen LogP contribution in [0.5, 0.6) is 0 Å². The maximum absolute atomic E-state index is 13.1. The molecule has 0 bridgehead atoms. The minimum absolute atomic E-state index is 0.0187. The number of nitrogens with one attached hydrogen (secondary N) is 2. The third-order valence-electron chi connectivity index (χ3n) is 5.06. The highest BCUT2D eigenvalue weighted by molar-refractivity contribution is 7.18. The van der Waals surface area contributed by atoms with Crippen LogP contribution in [0.25, 0.3) is 10.2 Å². The van der Waals surface area contributed by atoms with Crippen LogP contribution in [0.4, 0.5) is 0 Å². The summed E-state index contributed by atoms with van der Waals surface area (Å²) in [4.78, 5) is 34.1. The summed E-state index contributed by atoms with van der Waals surface area (Å²) in [6, 6.07) is 7.76. The van der Waals surface area contributed by atoms with Gasteiger partial charge in [-0.2, -0.15) is 0 Å². The molecule has 3 aromatic rings. The van der Waals surface area contributed by atoms with Gasteiger partial charge in [-0.1, -0.05) is 12.1 Å². The van der Waals surface area contributed by atoms with E-state index in [1.165, 1.54) is 0 Å². The zero-order valence-corrected chi connectivity index (χ0v) is 17.7. The molecular weight excluding hydrogens is 374 g/mol. The van der Waals surface area contributed by atoms with E-state index in [2.05, 4.69) is 16.0 Å². The lowest BCUT2D eigenvalue weighted by Crippen LogP contribution is -3.12. The van der Waals surface area contributed by atoms with Gasteiger partial charge in [0.25, 0.3) is 0 Å². The largest absolute Gasteiger partial charge is 0.462 e. The first-order chi connectivity index (χ1) is 13.3. The van der Waals surface area contributed by atoms with Gasteiger partial charge in [-0.05, 0) is 45.4 Å². The molecule has 2 N–H and O–H groups in total. The number of ketones is 1. The Kier molecular flexibility index (Phi) is 5.96. The molecule has 0 amide bonds. The van der Waals surface area contributed by atoms with E-state index >= 15 is 0 Å². The van der Waals surface area contributed by atoms with Crippen LogP contribution < -0.4 is 4.90 Å². The number of hydrogen-bond donors (Lipinski definition) is 2. The van der Waals surface area contributed by atoms with Gasteiger partial charge in [0, 0.05) is 5.69 Å². The maximum Gasteiger partial charge on any atom is 0.340 e. The Morgan fingerprint density at radius 1 is 1.29 bits per heavy atom. The number of carbonyl (C=O) groups is 2. The minimum Gasteiger partial charge on any atom is -0.462 e. The van der Waals surface area contributed by atoms with Crippen LogP contribution in [0.3, 0.4) is 0 Å².